The highest BCUT2D eigenvalue weighted by molar-refractivity contribution is 9.10. The van der Waals surface area contributed by atoms with Crippen molar-refractivity contribution >= 4 is 39.2 Å². The summed E-state index contributed by atoms with van der Waals surface area (Å²) in [6.07, 6.45) is -0.130. The van der Waals surface area contributed by atoms with Crippen LogP contribution in [0.3, 0.4) is 0 Å². The van der Waals surface area contributed by atoms with Crippen LogP contribution in [-0.4, -0.2) is 23.8 Å². The van der Waals surface area contributed by atoms with E-state index in [1.807, 2.05) is 31.2 Å². The summed E-state index contributed by atoms with van der Waals surface area (Å²) in [7, 11) is 0. The minimum Gasteiger partial charge on any atom is -0.491 e. The highest BCUT2D eigenvalue weighted by Crippen LogP contribution is 2.37. The third kappa shape index (κ3) is 3.92. The normalized spacial score (nSPS) is 18.6. The third-order valence-electron chi connectivity index (χ3n) is 4.04. The Morgan fingerprint density at radius 1 is 1.40 bits per heavy atom. The van der Waals surface area contributed by atoms with Gasteiger partial charge in [0.2, 0.25) is 0 Å². The van der Waals surface area contributed by atoms with Crippen molar-refractivity contribution in [3.05, 3.63) is 57.0 Å². The number of carbonyl (C=O) groups excluding carboxylic acids is 1. The van der Waals surface area contributed by atoms with Gasteiger partial charge >= 0.3 is 6.03 Å². The van der Waals surface area contributed by atoms with E-state index in [0.29, 0.717) is 34.0 Å². The molecule has 5 nitrogen and oxygen atoms in total. The van der Waals surface area contributed by atoms with E-state index in [4.69, 9.17) is 16.3 Å². The van der Waals surface area contributed by atoms with Crippen LogP contribution >= 0.6 is 27.5 Å². The Labute approximate surface area is 159 Å². The molecule has 132 valence electrons. The van der Waals surface area contributed by atoms with Crippen LogP contribution in [0.25, 0.3) is 0 Å². The second-order valence-corrected chi connectivity index (χ2v) is 7.03. The van der Waals surface area contributed by atoms with E-state index in [1.54, 1.807) is 12.1 Å². The molecule has 7 heteroatoms. The van der Waals surface area contributed by atoms with Crippen LogP contribution in [0.15, 0.2) is 40.9 Å². The molecule has 0 radical (unpaired) electrons. The number of fused-ring (bicyclic) bond motifs is 1. The molecule has 2 amide bonds. The van der Waals surface area contributed by atoms with Crippen molar-refractivity contribution < 1.29 is 14.6 Å². The number of ether oxygens (including phenoxy) is 1. The van der Waals surface area contributed by atoms with E-state index >= 15 is 0 Å². The summed E-state index contributed by atoms with van der Waals surface area (Å²) in [5.74, 6) is 0.509. The van der Waals surface area contributed by atoms with Gasteiger partial charge in [0.1, 0.15) is 0 Å². The smallest absolute Gasteiger partial charge is 0.319 e. The lowest BCUT2D eigenvalue weighted by Crippen LogP contribution is -2.36. The van der Waals surface area contributed by atoms with Crippen molar-refractivity contribution in [2.45, 2.75) is 25.5 Å². The fraction of sp³-hybridized carbons (Fsp3) is 0.278. The van der Waals surface area contributed by atoms with Crippen molar-refractivity contribution in [3.63, 3.8) is 0 Å². The van der Waals surface area contributed by atoms with Crippen molar-refractivity contribution in [1.82, 2.24) is 5.32 Å². The van der Waals surface area contributed by atoms with Crippen molar-refractivity contribution in [2.75, 3.05) is 11.9 Å². The average Bonchev–Trinajstić information content (AvgIpc) is 2.86. The molecule has 0 saturated heterocycles. The summed E-state index contributed by atoms with van der Waals surface area (Å²) >= 11 is 9.46. The molecule has 0 aromatic heterocycles. The Balaban J connectivity index is 1.78. The Morgan fingerprint density at radius 2 is 2.16 bits per heavy atom. The van der Waals surface area contributed by atoms with Gasteiger partial charge in [-0.15, -0.1) is 0 Å². The maximum atomic E-state index is 12.5. The summed E-state index contributed by atoms with van der Waals surface area (Å²) in [5, 5.41) is 16.3. The van der Waals surface area contributed by atoms with Crippen molar-refractivity contribution in [3.8, 4) is 5.75 Å². The second-order valence-electron chi connectivity index (χ2n) is 5.74. The number of hydrogen-bond donors (Lipinski definition) is 3. The van der Waals surface area contributed by atoms with Gasteiger partial charge in [-0.1, -0.05) is 35.9 Å². The van der Waals surface area contributed by atoms with Crippen LogP contribution in [0.5, 0.6) is 5.75 Å². The van der Waals surface area contributed by atoms with Crippen LogP contribution in [0, 0.1) is 0 Å². The van der Waals surface area contributed by atoms with E-state index in [1.165, 1.54) is 0 Å². The fourth-order valence-corrected chi connectivity index (χ4v) is 3.92. The number of carbonyl (C=O) groups is 1. The zero-order valence-corrected chi connectivity index (χ0v) is 15.9. The molecule has 0 spiro atoms. The number of aliphatic hydroxyl groups is 1. The maximum Gasteiger partial charge on any atom is 0.319 e. The van der Waals surface area contributed by atoms with Crippen LogP contribution in [0.1, 0.15) is 24.1 Å². The highest BCUT2D eigenvalue weighted by atomic mass is 79.9. The zero-order valence-electron chi connectivity index (χ0n) is 13.6. The molecule has 1 aliphatic rings. The lowest BCUT2D eigenvalue weighted by Gasteiger charge is -2.19. The SMILES string of the molecule is CCOc1c(Br)cc(Cl)cc1NC(=O)N[C@@H]1c2ccccc2C[C@@H]1O. The quantitative estimate of drug-likeness (QED) is 0.685. The molecule has 2 aromatic rings. The first-order valence-corrected chi connectivity index (χ1v) is 9.12. The predicted molar refractivity (Wildman–Crippen MR) is 101 cm³/mol. The Kier molecular flexibility index (Phi) is 5.51. The van der Waals surface area contributed by atoms with Gasteiger partial charge in [0.25, 0.3) is 0 Å². The lowest BCUT2D eigenvalue weighted by atomic mass is 10.1. The molecule has 2 atom stereocenters. The van der Waals surface area contributed by atoms with Crippen molar-refractivity contribution in [2.24, 2.45) is 0 Å². The molecular formula is C18H18BrClN2O3. The monoisotopic (exact) mass is 424 g/mol. The van der Waals surface area contributed by atoms with Crippen LogP contribution in [0.2, 0.25) is 5.02 Å². The number of nitrogens with one attached hydrogen (secondary N) is 2. The van der Waals surface area contributed by atoms with Gasteiger partial charge in [-0.2, -0.15) is 0 Å². The molecule has 0 saturated carbocycles. The van der Waals surface area contributed by atoms with Crippen LogP contribution in [0.4, 0.5) is 10.5 Å². The van der Waals surface area contributed by atoms with Gasteiger partial charge in [-0.25, -0.2) is 4.79 Å². The first-order chi connectivity index (χ1) is 12.0. The lowest BCUT2D eigenvalue weighted by molar-refractivity contribution is 0.144. The third-order valence-corrected chi connectivity index (χ3v) is 4.84. The van der Waals surface area contributed by atoms with E-state index in [9.17, 15) is 9.90 Å². The molecule has 3 N–H and O–H groups in total. The molecule has 0 heterocycles. The molecule has 2 aromatic carbocycles. The van der Waals surface area contributed by atoms with E-state index < -0.39 is 18.2 Å². The highest BCUT2D eigenvalue weighted by Gasteiger charge is 2.32. The summed E-state index contributed by atoms with van der Waals surface area (Å²) in [6, 6.07) is 10.1. The molecule has 3 rings (SSSR count). The zero-order chi connectivity index (χ0) is 18.0. The summed E-state index contributed by atoms with van der Waals surface area (Å²) in [4.78, 5) is 12.5. The number of urea groups is 1. The molecule has 0 aliphatic heterocycles. The number of amides is 2. The molecule has 25 heavy (non-hydrogen) atoms. The molecule has 1 aliphatic carbocycles. The van der Waals surface area contributed by atoms with Gasteiger partial charge in [-0.05, 0) is 46.1 Å². The van der Waals surface area contributed by atoms with E-state index in [0.717, 1.165) is 11.1 Å². The van der Waals surface area contributed by atoms with Gasteiger partial charge < -0.3 is 20.5 Å². The number of benzene rings is 2. The molecule has 0 unspecified atom stereocenters. The number of hydrogen-bond acceptors (Lipinski definition) is 3. The Hall–Kier alpha value is -1.76. The van der Waals surface area contributed by atoms with Gasteiger partial charge in [0, 0.05) is 11.4 Å². The van der Waals surface area contributed by atoms with Gasteiger partial charge in [0.15, 0.2) is 5.75 Å². The molecule has 0 fully saturated rings. The Morgan fingerprint density at radius 3 is 2.92 bits per heavy atom. The summed E-state index contributed by atoms with van der Waals surface area (Å²) in [6.45, 7) is 2.31. The number of anilines is 1. The van der Waals surface area contributed by atoms with Crippen LogP contribution in [-0.2, 0) is 6.42 Å². The predicted octanol–water partition coefficient (Wildman–Crippen LogP) is 4.28. The van der Waals surface area contributed by atoms with E-state index in [2.05, 4.69) is 26.6 Å². The summed E-state index contributed by atoms with van der Waals surface area (Å²) < 4.78 is 6.23. The van der Waals surface area contributed by atoms with Gasteiger partial charge in [-0.3, -0.25) is 0 Å². The minimum absolute atomic E-state index is 0.434. The number of rotatable bonds is 4. The van der Waals surface area contributed by atoms with Crippen LogP contribution < -0.4 is 15.4 Å². The van der Waals surface area contributed by atoms with Gasteiger partial charge in [0.05, 0.1) is 28.9 Å². The van der Waals surface area contributed by atoms with E-state index in [-0.39, 0.29) is 0 Å². The fourth-order valence-electron chi connectivity index (χ4n) is 2.99. The Bertz CT molecular complexity index is 800. The number of aliphatic hydroxyl groups excluding tert-OH is 1. The standard InChI is InChI=1S/C18H18BrClN2O3/c1-2-25-17-13(19)8-11(20)9-14(17)21-18(24)22-16-12-6-4-3-5-10(12)7-15(16)23/h3-6,8-9,15-16,23H,2,7H2,1H3,(H2,21,22,24)/t15-,16+/m0/s1. The first-order valence-electron chi connectivity index (χ1n) is 7.94. The summed E-state index contributed by atoms with van der Waals surface area (Å²) in [5.41, 5.74) is 2.43. The second kappa shape index (κ2) is 7.64. The first kappa shape index (κ1) is 18.0. The minimum atomic E-state index is -0.652. The average molecular weight is 426 g/mol. The topological polar surface area (TPSA) is 70.6 Å². The largest absolute Gasteiger partial charge is 0.491 e. The molecule has 0 bridgehead atoms. The maximum absolute atomic E-state index is 12.5. The molecular weight excluding hydrogens is 408 g/mol. The van der Waals surface area contributed by atoms with Crippen molar-refractivity contribution in [1.29, 1.82) is 0 Å². The number of halogens is 2.